The van der Waals surface area contributed by atoms with Gasteiger partial charge in [0.2, 0.25) is 0 Å². The third-order valence-corrected chi connectivity index (χ3v) is 2.53. The smallest absolute Gasteiger partial charge is 0.0462 e. The Kier molecular flexibility index (Phi) is 21.6. The second-order valence-electron chi connectivity index (χ2n) is 4.35. The van der Waals surface area contributed by atoms with Crippen LogP contribution < -0.4 is 5.32 Å². The first-order chi connectivity index (χ1) is 8.85. The molecule has 1 fully saturated rings. The van der Waals surface area contributed by atoms with E-state index in [-0.39, 0.29) is 0 Å². The van der Waals surface area contributed by atoms with Crippen LogP contribution in [0.1, 0.15) is 53.4 Å². The van der Waals surface area contributed by atoms with Gasteiger partial charge in [0.1, 0.15) is 0 Å². The van der Waals surface area contributed by atoms with E-state index in [9.17, 15) is 0 Å². The molecule has 1 heterocycles. The first kappa shape index (κ1) is 20.2. The molecule has 0 radical (unpaired) electrons. The van der Waals surface area contributed by atoms with E-state index in [0.717, 1.165) is 19.7 Å². The number of ether oxygens (including phenoxy) is 1. The lowest BCUT2D eigenvalue weighted by Gasteiger charge is -2.26. The average molecular weight is 260 g/mol. The molecular formula is C15H36N2O. The molecule has 1 saturated heterocycles. The molecule has 1 N–H and O–H groups in total. The third kappa shape index (κ3) is 15.9. The van der Waals surface area contributed by atoms with E-state index in [2.05, 4.69) is 24.1 Å². The number of methoxy groups -OCH3 is 1. The van der Waals surface area contributed by atoms with Crippen LogP contribution in [0, 0.1) is 0 Å². The number of hydrogen-bond acceptors (Lipinski definition) is 3. The van der Waals surface area contributed by atoms with E-state index in [1.165, 1.54) is 45.3 Å². The largest absolute Gasteiger partial charge is 0.385 e. The van der Waals surface area contributed by atoms with Crippen molar-refractivity contribution in [3.05, 3.63) is 0 Å². The SMILES string of the molecule is CC.CCC.COCCCCCN1CCNCC1. The van der Waals surface area contributed by atoms with Crippen LogP contribution in [0.4, 0.5) is 0 Å². The Labute approximate surface area is 115 Å². The van der Waals surface area contributed by atoms with Gasteiger partial charge >= 0.3 is 0 Å². The first-order valence-corrected chi connectivity index (χ1v) is 7.77. The molecule has 112 valence electrons. The fourth-order valence-electron chi connectivity index (χ4n) is 1.69. The van der Waals surface area contributed by atoms with E-state index < -0.39 is 0 Å². The van der Waals surface area contributed by atoms with Gasteiger partial charge in [0.15, 0.2) is 0 Å². The van der Waals surface area contributed by atoms with Crippen LogP contribution >= 0.6 is 0 Å². The number of rotatable bonds is 6. The van der Waals surface area contributed by atoms with Crippen LogP contribution in [0.3, 0.4) is 0 Å². The highest BCUT2D eigenvalue weighted by atomic mass is 16.5. The molecule has 0 atom stereocenters. The van der Waals surface area contributed by atoms with Crippen LogP contribution in [-0.2, 0) is 4.74 Å². The molecule has 0 aromatic rings. The maximum atomic E-state index is 5.01. The zero-order chi connectivity index (χ0) is 14.1. The van der Waals surface area contributed by atoms with Crippen LogP contribution in [0.2, 0.25) is 0 Å². The van der Waals surface area contributed by atoms with Gasteiger partial charge in [0.05, 0.1) is 0 Å². The van der Waals surface area contributed by atoms with Crippen molar-refractivity contribution < 1.29 is 4.74 Å². The summed E-state index contributed by atoms with van der Waals surface area (Å²) >= 11 is 0. The zero-order valence-electron chi connectivity index (χ0n) is 13.4. The van der Waals surface area contributed by atoms with Gasteiger partial charge in [-0.1, -0.05) is 34.1 Å². The molecule has 3 nitrogen and oxygen atoms in total. The Bertz CT molecular complexity index is 126. The molecule has 0 aromatic carbocycles. The van der Waals surface area contributed by atoms with Crippen LogP contribution in [-0.4, -0.2) is 51.3 Å². The Hall–Kier alpha value is -0.120. The highest BCUT2D eigenvalue weighted by Gasteiger charge is 2.07. The van der Waals surface area contributed by atoms with Gasteiger partial charge < -0.3 is 15.0 Å². The van der Waals surface area contributed by atoms with Crippen molar-refractivity contribution in [2.24, 2.45) is 0 Å². The third-order valence-electron chi connectivity index (χ3n) is 2.53. The van der Waals surface area contributed by atoms with Crippen molar-refractivity contribution in [3.8, 4) is 0 Å². The second-order valence-corrected chi connectivity index (χ2v) is 4.35. The summed E-state index contributed by atoms with van der Waals surface area (Å²) in [6.45, 7) is 15.2. The molecule has 3 heteroatoms. The van der Waals surface area contributed by atoms with E-state index in [0.29, 0.717) is 0 Å². The van der Waals surface area contributed by atoms with Gasteiger partial charge in [-0.3, -0.25) is 0 Å². The number of nitrogens with zero attached hydrogens (tertiary/aromatic N) is 1. The van der Waals surface area contributed by atoms with Crippen LogP contribution in [0.25, 0.3) is 0 Å². The minimum absolute atomic E-state index is 0.918. The van der Waals surface area contributed by atoms with E-state index in [1.54, 1.807) is 7.11 Å². The van der Waals surface area contributed by atoms with Gasteiger partial charge in [-0.25, -0.2) is 0 Å². The molecule has 0 unspecified atom stereocenters. The average Bonchev–Trinajstić information content (AvgIpc) is 2.43. The predicted octanol–water partition coefficient (Wildman–Crippen LogP) is 3.15. The number of piperazine rings is 1. The van der Waals surface area contributed by atoms with E-state index >= 15 is 0 Å². The Balaban J connectivity index is 0. The topological polar surface area (TPSA) is 24.5 Å². The quantitative estimate of drug-likeness (QED) is 0.743. The number of unbranched alkanes of at least 4 members (excludes halogenated alkanes) is 2. The maximum absolute atomic E-state index is 5.01. The normalized spacial score (nSPS) is 15.2. The van der Waals surface area contributed by atoms with Crippen molar-refractivity contribution in [1.29, 1.82) is 0 Å². The molecule has 18 heavy (non-hydrogen) atoms. The summed E-state index contributed by atoms with van der Waals surface area (Å²) in [5, 5.41) is 3.36. The highest BCUT2D eigenvalue weighted by Crippen LogP contribution is 2.00. The standard InChI is InChI=1S/C10H22N2O.C3H8.C2H6/c1-13-10-4-2-3-7-12-8-5-11-6-9-12;1-3-2;1-2/h11H,2-10H2,1H3;3H2,1-2H3;1-2H3. The number of hydrogen-bond donors (Lipinski definition) is 1. The summed E-state index contributed by atoms with van der Waals surface area (Å²) in [5.74, 6) is 0. The number of nitrogens with one attached hydrogen (secondary N) is 1. The lowest BCUT2D eigenvalue weighted by molar-refractivity contribution is 0.187. The minimum atomic E-state index is 0.918. The Morgan fingerprint density at radius 3 is 2.06 bits per heavy atom. The molecule has 0 aliphatic carbocycles. The molecule has 0 spiro atoms. The van der Waals surface area contributed by atoms with Crippen molar-refractivity contribution >= 4 is 0 Å². The van der Waals surface area contributed by atoms with Gasteiger partial charge in [-0.2, -0.15) is 0 Å². The van der Waals surface area contributed by atoms with Crippen molar-refractivity contribution in [1.82, 2.24) is 10.2 Å². The monoisotopic (exact) mass is 260 g/mol. The molecule has 1 aliphatic heterocycles. The Morgan fingerprint density at radius 1 is 1.00 bits per heavy atom. The molecule has 0 aromatic heterocycles. The van der Waals surface area contributed by atoms with E-state index in [1.807, 2.05) is 13.8 Å². The van der Waals surface area contributed by atoms with E-state index in [4.69, 9.17) is 4.74 Å². The fraction of sp³-hybridized carbons (Fsp3) is 1.00. The van der Waals surface area contributed by atoms with Gasteiger partial charge in [-0.05, 0) is 25.8 Å². The Morgan fingerprint density at radius 2 is 1.56 bits per heavy atom. The molecule has 1 rings (SSSR count). The molecule has 0 amide bonds. The summed E-state index contributed by atoms with van der Waals surface area (Å²) in [5.41, 5.74) is 0. The van der Waals surface area contributed by atoms with Crippen molar-refractivity contribution in [2.45, 2.75) is 53.4 Å². The molecular weight excluding hydrogens is 224 g/mol. The lowest BCUT2D eigenvalue weighted by Crippen LogP contribution is -2.43. The lowest BCUT2D eigenvalue weighted by atomic mass is 10.2. The second kappa shape index (κ2) is 19.2. The van der Waals surface area contributed by atoms with Gasteiger partial charge in [-0.15, -0.1) is 0 Å². The predicted molar refractivity (Wildman–Crippen MR) is 82.3 cm³/mol. The summed E-state index contributed by atoms with van der Waals surface area (Å²) in [6, 6.07) is 0. The minimum Gasteiger partial charge on any atom is -0.385 e. The molecule has 1 aliphatic rings. The molecule has 0 bridgehead atoms. The van der Waals surface area contributed by atoms with Gasteiger partial charge in [0.25, 0.3) is 0 Å². The molecule has 0 saturated carbocycles. The summed E-state index contributed by atoms with van der Waals surface area (Å²) < 4.78 is 5.01. The van der Waals surface area contributed by atoms with Crippen molar-refractivity contribution in [2.75, 3.05) is 46.4 Å². The highest BCUT2D eigenvalue weighted by molar-refractivity contribution is 4.66. The first-order valence-electron chi connectivity index (χ1n) is 7.77. The maximum Gasteiger partial charge on any atom is 0.0462 e. The zero-order valence-corrected chi connectivity index (χ0v) is 13.4. The summed E-state index contributed by atoms with van der Waals surface area (Å²) in [7, 11) is 1.77. The summed E-state index contributed by atoms with van der Waals surface area (Å²) in [4.78, 5) is 2.54. The summed E-state index contributed by atoms with van der Waals surface area (Å²) in [6.07, 6.45) is 5.09. The van der Waals surface area contributed by atoms with Gasteiger partial charge in [0, 0.05) is 39.9 Å². The van der Waals surface area contributed by atoms with Crippen molar-refractivity contribution in [3.63, 3.8) is 0 Å². The van der Waals surface area contributed by atoms with Crippen LogP contribution in [0.15, 0.2) is 0 Å². The van der Waals surface area contributed by atoms with Crippen LogP contribution in [0.5, 0.6) is 0 Å². The fourth-order valence-corrected chi connectivity index (χ4v) is 1.69.